The fourth-order valence-corrected chi connectivity index (χ4v) is 4.90. The maximum atomic E-state index is 15.4. The molecule has 0 radical (unpaired) electrons. The van der Waals surface area contributed by atoms with Crippen LogP contribution in [0, 0.1) is 17.5 Å². The molecule has 0 spiro atoms. The third kappa shape index (κ3) is 4.21. The van der Waals surface area contributed by atoms with Crippen molar-refractivity contribution in [2.45, 2.75) is 13.0 Å². The van der Waals surface area contributed by atoms with Gasteiger partial charge in [-0.25, -0.2) is 13.2 Å². The van der Waals surface area contributed by atoms with Gasteiger partial charge >= 0.3 is 0 Å². The molecule has 0 bridgehead atoms. The van der Waals surface area contributed by atoms with E-state index >= 15 is 4.39 Å². The number of carbonyl (C=O) groups excluding carboxylic acids is 2. The van der Waals surface area contributed by atoms with Gasteiger partial charge in [-0.15, -0.1) is 0 Å². The standard InChI is InChI=1S/C29H21F3N4O2/c30-17-5-1-15(2-6-17)14-34-19-11-21(32)26-20(28(37)36-23(26)12-19)13-24-25(16-3-7-18(31)8-4-16)27-22(35-24)9-10-33-29(27)38/h1-8,11-13,34-35H,9-10,14H2,(H,33,38)(H,36,37)/b20-13-. The molecule has 190 valence electrons. The van der Waals surface area contributed by atoms with Crippen LogP contribution in [0.25, 0.3) is 22.8 Å². The second-order valence-corrected chi connectivity index (χ2v) is 9.15. The van der Waals surface area contributed by atoms with Gasteiger partial charge in [0.2, 0.25) is 0 Å². The molecular formula is C29H21F3N4O2. The van der Waals surface area contributed by atoms with Crippen LogP contribution in [0.4, 0.5) is 24.5 Å². The number of H-pyrrole nitrogens is 1. The van der Waals surface area contributed by atoms with Gasteiger partial charge < -0.3 is 20.9 Å². The van der Waals surface area contributed by atoms with Crippen molar-refractivity contribution in [1.82, 2.24) is 10.3 Å². The van der Waals surface area contributed by atoms with Crippen molar-refractivity contribution in [1.29, 1.82) is 0 Å². The molecule has 3 heterocycles. The molecule has 2 aliphatic rings. The topological polar surface area (TPSA) is 86.0 Å². The maximum absolute atomic E-state index is 15.4. The van der Waals surface area contributed by atoms with Crippen LogP contribution < -0.4 is 16.0 Å². The molecule has 2 aliphatic heterocycles. The van der Waals surface area contributed by atoms with Gasteiger partial charge in [0.1, 0.15) is 17.5 Å². The molecule has 4 aromatic rings. The summed E-state index contributed by atoms with van der Waals surface area (Å²) in [6, 6.07) is 14.6. The molecule has 0 unspecified atom stereocenters. The third-order valence-electron chi connectivity index (χ3n) is 6.68. The van der Waals surface area contributed by atoms with E-state index in [0.717, 1.165) is 5.56 Å². The molecule has 1 aromatic heterocycles. The van der Waals surface area contributed by atoms with Crippen molar-refractivity contribution in [3.05, 3.63) is 106 Å². The van der Waals surface area contributed by atoms with Crippen molar-refractivity contribution in [3.63, 3.8) is 0 Å². The van der Waals surface area contributed by atoms with Crippen LogP contribution in [0.3, 0.4) is 0 Å². The van der Waals surface area contributed by atoms with Crippen LogP contribution in [0.2, 0.25) is 0 Å². The van der Waals surface area contributed by atoms with Crippen LogP contribution in [0.5, 0.6) is 0 Å². The van der Waals surface area contributed by atoms with E-state index in [2.05, 4.69) is 20.9 Å². The Morgan fingerprint density at radius 2 is 1.55 bits per heavy atom. The number of aromatic nitrogens is 1. The Morgan fingerprint density at radius 3 is 2.29 bits per heavy atom. The van der Waals surface area contributed by atoms with Crippen molar-refractivity contribution in [3.8, 4) is 11.1 Å². The number of halogens is 3. The predicted molar refractivity (Wildman–Crippen MR) is 139 cm³/mol. The largest absolute Gasteiger partial charge is 0.381 e. The number of rotatable bonds is 5. The number of amides is 2. The fraction of sp³-hybridized carbons (Fsp3) is 0.103. The van der Waals surface area contributed by atoms with Crippen molar-refractivity contribution < 1.29 is 22.8 Å². The molecule has 38 heavy (non-hydrogen) atoms. The van der Waals surface area contributed by atoms with Gasteiger partial charge in [-0.2, -0.15) is 0 Å². The Labute approximate surface area is 215 Å². The summed E-state index contributed by atoms with van der Waals surface area (Å²) in [7, 11) is 0. The summed E-state index contributed by atoms with van der Waals surface area (Å²) in [5, 5.41) is 8.62. The molecule has 6 nitrogen and oxygen atoms in total. The number of fused-ring (bicyclic) bond motifs is 2. The second kappa shape index (κ2) is 9.26. The zero-order valence-electron chi connectivity index (χ0n) is 19.9. The summed E-state index contributed by atoms with van der Waals surface area (Å²) >= 11 is 0. The Kier molecular flexibility index (Phi) is 5.75. The van der Waals surface area contributed by atoms with Crippen LogP contribution in [-0.2, 0) is 17.8 Å². The van der Waals surface area contributed by atoms with Crippen LogP contribution in [0.1, 0.15) is 32.9 Å². The summed E-state index contributed by atoms with van der Waals surface area (Å²) in [5.41, 5.74) is 4.46. The first-order valence-electron chi connectivity index (χ1n) is 12.0. The van der Waals surface area contributed by atoms with Gasteiger partial charge in [-0.3, -0.25) is 9.59 Å². The quantitative estimate of drug-likeness (QED) is 0.266. The van der Waals surface area contributed by atoms with E-state index < -0.39 is 17.5 Å². The van der Waals surface area contributed by atoms with Crippen molar-refractivity contribution >= 4 is 34.8 Å². The molecule has 6 rings (SSSR count). The van der Waals surface area contributed by atoms with Gasteiger partial charge in [-0.05, 0) is 53.6 Å². The zero-order chi connectivity index (χ0) is 26.4. The number of hydrogen-bond acceptors (Lipinski definition) is 3. The van der Waals surface area contributed by atoms with Gasteiger partial charge in [0, 0.05) is 47.7 Å². The van der Waals surface area contributed by atoms with Crippen molar-refractivity contribution in [2.75, 3.05) is 17.2 Å². The molecule has 4 N–H and O–H groups in total. The number of nitrogens with one attached hydrogen (secondary N) is 4. The molecule has 0 saturated heterocycles. The minimum Gasteiger partial charge on any atom is -0.381 e. The predicted octanol–water partition coefficient (Wildman–Crippen LogP) is 5.49. The lowest BCUT2D eigenvalue weighted by Crippen LogP contribution is -2.31. The van der Waals surface area contributed by atoms with E-state index in [1.54, 1.807) is 30.3 Å². The van der Waals surface area contributed by atoms with E-state index in [4.69, 9.17) is 0 Å². The van der Waals surface area contributed by atoms with Gasteiger partial charge in [0.05, 0.1) is 16.8 Å². The summed E-state index contributed by atoms with van der Waals surface area (Å²) in [6.07, 6.45) is 2.08. The number of anilines is 2. The Morgan fingerprint density at radius 1 is 0.842 bits per heavy atom. The first kappa shape index (κ1) is 23.6. The smallest absolute Gasteiger partial charge is 0.256 e. The first-order chi connectivity index (χ1) is 18.4. The molecule has 9 heteroatoms. The van der Waals surface area contributed by atoms with Crippen LogP contribution in [-0.4, -0.2) is 23.3 Å². The van der Waals surface area contributed by atoms with E-state index in [-0.39, 0.29) is 22.9 Å². The molecule has 3 aromatic carbocycles. The highest BCUT2D eigenvalue weighted by Crippen LogP contribution is 2.40. The Bertz CT molecular complexity index is 1620. The van der Waals surface area contributed by atoms with Crippen molar-refractivity contribution in [2.24, 2.45) is 0 Å². The highest BCUT2D eigenvalue weighted by molar-refractivity contribution is 6.35. The lowest BCUT2D eigenvalue weighted by atomic mass is 9.95. The normalized spacial score (nSPS) is 15.2. The summed E-state index contributed by atoms with van der Waals surface area (Å²) in [4.78, 5) is 28.9. The zero-order valence-corrected chi connectivity index (χ0v) is 19.9. The molecule has 0 atom stereocenters. The molecular weight excluding hydrogens is 493 g/mol. The Balaban J connectivity index is 1.39. The first-order valence-corrected chi connectivity index (χ1v) is 12.0. The molecule has 2 amide bonds. The van der Waals surface area contributed by atoms with Gasteiger partial charge in [0.25, 0.3) is 11.8 Å². The maximum Gasteiger partial charge on any atom is 0.256 e. The van der Waals surface area contributed by atoms with E-state index in [1.807, 2.05) is 0 Å². The lowest BCUT2D eigenvalue weighted by Gasteiger charge is -2.14. The number of hydrogen-bond donors (Lipinski definition) is 4. The SMILES string of the molecule is O=C1Nc2cc(NCc3ccc(F)cc3)cc(F)c2/C1=C/c1[nH]c2c(c1-c1ccc(F)cc1)C(=O)NCC2. The average molecular weight is 515 g/mol. The van der Waals surface area contributed by atoms with Crippen LogP contribution in [0.15, 0.2) is 60.7 Å². The molecule has 0 fully saturated rings. The summed E-state index contributed by atoms with van der Waals surface area (Å²) < 4.78 is 42.1. The monoisotopic (exact) mass is 514 g/mol. The van der Waals surface area contributed by atoms with Gasteiger partial charge in [-0.1, -0.05) is 24.3 Å². The fourth-order valence-electron chi connectivity index (χ4n) is 4.90. The Hall–Kier alpha value is -4.79. The van der Waals surface area contributed by atoms with Crippen LogP contribution >= 0.6 is 0 Å². The summed E-state index contributed by atoms with van der Waals surface area (Å²) in [6.45, 7) is 0.795. The minimum absolute atomic E-state index is 0.102. The highest BCUT2D eigenvalue weighted by Gasteiger charge is 2.31. The highest BCUT2D eigenvalue weighted by atomic mass is 19.1. The van der Waals surface area contributed by atoms with E-state index in [0.29, 0.717) is 59.0 Å². The van der Waals surface area contributed by atoms with E-state index in [9.17, 15) is 18.4 Å². The molecule has 0 saturated carbocycles. The molecule has 0 aliphatic carbocycles. The second-order valence-electron chi connectivity index (χ2n) is 9.15. The lowest BCUT2D eigenvalue weighted by molar-refractivity contribution is -0.110. The number of carbonyl (C=O) groups is 2. The third-order valence-corrected chi connectivity index (χ3v) is 6.68. The van der Waals surface area contributed by atoms with Gasteiger partial charge in [0.15, 0.2) is 0 Å². The van der Waals surface area contributed by atoms with E-state index in [1.165, 1.54) is 36.4 Å². The summed E-state index contributed by atoms with van der Waals surface area (Å²) in [5.74, 6) is -2.13. The minimum atomic E-state index is -0.605. The average Bonchev–Trinajstić information content (AvgIpc) is 3.42. The number of benzene rings is 3. The number of aromatic amines is 1.